The summed E-state index contributed by atoms with van der Waals surface area (Å²) in [6, 6.07) is 13.4. The average Bonchev–Trinajstić information content (AvgIpc) is 2.30. The van der Waals surface area contributed by atoms with Gasteiger partial charge in [-0.25, -0.2) is 4.39 Å². The number of benzene rings is 2. The summed E-state index contributed by atoms with van der Waals surface area (Å²) >= 11 is 5.98. The van der Waals surface area contributed by atoms with E-state index in [-0.39, 0.29) is 5.82 Å². The van der Waals surface area contributed by atoms with Crippen LogP contribution in [0.5, 0.6) is 5.75 Å². The molecule has 0 spiro atoms. The molecule has 0 fully saturated rings. The summed E-state index contributed by atoms with van der Waals surface area (Å²) in [6.07, 6.45) is 0. The van der Waals surface area contributed by atoms with E-state index in [4.69, 9.17) is 16.3 Å². The Kier molecular flexibility index (Phi) is 3.42. The number of rotatable bonds is 3. The second kappa shape index (κ2) is 4.99. The molecule has 0 aliphatic carbocycles. The molecule has 0 N–H and O–H groups in total. The van der Waals surface area contributed by atoms with Crippen LogP contribution in [0.4, 0.5) is 4.39 Å². The predicted octanol–water partition coefficient (Wildman–Crippen LogP) is 4.06. The third kappa shape index (κ3) is 2.74. The molecule has 2 aromatic rings. The lowest BCUT2D eigenvalue weighted by Gasteiger charge is -2.07. The molecule has 2 aromatic carbocycles. The summed E-state index contributed by atoms with van der Waals surface area (Å²) in [5, 5.41) is 0.671. The first-order chi connectivity index (χ1) is 7.75. The van der Waals surface area contributed by atoms with E-state index in [1.807, 2.05) is 24.3 Å². The first-order valence-corrected chi connectivity index (χ1v) is 5.25. The highest BCUT2D eigenvalue weighted by Crippen LogP contribution is 2.18. The molecule has 1 nitrogen and oxygen atoms in total. The highest BCUT2D eigenvalue weighted by Gasteiger charge is 2.00. The zero-order valence-corrected chi connectivity index (χ0v) is 9.25. The zero-order valence-electron chi connectivity index (χ0n) is 8.49. The van der Waals surface area contributed by atoms with Gasteiger partial charge < -0.3 is 4.74 Å². The van der Waals surface area contributed by atoms with Crippen molar-refractivity contribution in [3.05, 3.63) is 64.9 Å². The van der Waals surface area contributed by atoms with E-state index in [2.05, 4.69) is 0 Å². The molecule has 16 heavy (non-hydrogen) atoms. The maximum absolute atomic E-state index is 12.6. The Labute approximate surface area is 98.4 Å². The summed E-state index contributed by atoms with van der Waals surface area (Å²) < 4.78 is 18.1. The monoisotopic (exact) mass is 236 g/mol. The van der Waals surface area contributed by atoms with Crippen LogP contribution in [0.1, 0.15) is 5.56 Å². The molecule has 2 rings (SSSR count). The van der Waals surface area contributed by atoms with Crippen LogP contribution in [0.3, 0.4) is 0 Å². The van der Waals surface area contributed by atoms with E-state index >= 15 is 0 Å². The summed E-state index contributed by atoms with van der Waals surface area (Å²) in [5.41, 5.74) is 0.911. The Morgan fingerprint density at radius 2 is 1.69 bits per heavy atom. The molecule has 0 unspecified atom stereocenters. The van der Waals surface area contributed by atoms with Crippen LogP contribution in [0, 0.1) is 5.82 Å². The minimum absolute atomic E-state index is 0.273. The first-order valence-electron chi connectivity index (χ1n) is 4.87. The van der Waals surface area contributed by atoms with Crippen molar-refractivity contribution in [1.82, 2.24) is 0 Å². The minimum atomic E-state index is -0.273. The van der Waals surface area contributed by atoms with E-state index in [0.717, 1.165) is 5.56 Å². The molecular formula is C13H10ClFO. The Hall–Kier alpha value is -1.54. The molecule has 0 aromatic heterocycles. The molecule has 0 heterocycles. The molecule has 0 saturated heterocycles. The second-order valence-electron chi connectivity index (χ2n) is 3.33. The zero-order chi connectivity index (χ0) is 11.4. The fourth-order valence-corrected chi connectivity index (χ4v) is 1.50. The van der Waals surface area contributed by atoms with Crippen LogP contribution in [0.15, 0.2) is 48.5 Å². The van der Waals surface area contributed by atoms with Gasteiger partial charge in [-0.05, 0) is 30.3 Å². The Balaban J connectivity index is 2.02. The molecule has 0 saturated carbocycles. The Bertz CT molecular complexity index is 468. The van der Waals surface area contributed by atoms with Gasteiger partial charge in [0.25, 0.3) is 0 Å². The topological polar surface area (TPSA) is 9.23 Å². The average molecular weight is 237 g/mol. The largest absolute Gasteiger partial charge is 0.489 e. The number of hydrogen-bond acceptors (Lipinski definition) is 1. The van der Waals surface area contributed by atoms with Crippen molar-refractivity contribution in [1.29, 1.82) is 0 Å². The molecule has 0 aliphatic heterocycles. The SMILES string of the molecule is Fc1ccc(OCc2ccccc2Cl)cc1. The van der Waals surface area contributed by atoms with E-state index in [0.29, 0.717) is 17.4 Å². The van der Waals surface area contributed by atoms with Crippen LogP contribution in [-0.4, -0.2) is 0 Å². The first kappa shape index (κ1) is 11.0. The lowest BCUT2D eigenvalue weighted by molar-refractivity contribution is 0.306. The second-order valence-corrected chi connectivity index (χ2v) is 3.74. The van der Waals surface area contributed by atoms with Gasteiger partial charge in [0.1, 0.15) is 18.2 Å². The van der Waals surface area contributed by atoms with Gasteiger partial charge in [0.05, 0.1) is 0 Å². The van der Waals surface area contributed by atoms with Crippen LogP contribution in [-0.2, 0) is 6.61 Å². The summed E-state index contributed by atoms with van der Waals surface area (Å²) in [4.78, 5) is 0. The van der Waals surface area contributed by atoms with Crippen molar-refractivity contribution in [2.45, 2.75) is 6.61 Å². The molecule has 0 radical (unpaired) electrons. The fraction of sp³-hybridized carbons (Fsp3) is 0.0769. The highest BCUT2D eigenvalue weighted by molar-refractivity contribution is 6.31. The van der Waals surface area contributed by atoms with Gasteiger partial charge in [-0.15, -0.1) is 0 Å². The third-order valence-electron chi connectivity index (χ3n) is 2.17. The third-order valence-corrected chi connectivity index (χ3v) is 2.53. The summed E-state index contributed by atoms with van der Waals surface area (Å²) in [5.74, 6) is 0.353. The molecule has 0 aliphatic rings. The lowest BCUT2D eigenvalue weighted by Crippen LogP contribution is -1.95. The summed E-state index contributed by atoms with van der Waals surface area (Å²) in [6.45, 7) is 0.380. The lowest BCUT2D eigenvalue weighted by atomic mass is 10.2. The van der Waals surface area contributed by atoms with Crippen LogP contribution < -0.4 is 4.74 Å². The van der Waals surface area contributed by atoms with Gasteiger partial charge in [-0.3, -0.25) is 0 Å². The molecule has 82 valence electrons. The quantitative estimate of drug-likeness (QED) is 0.781. The minimum Gasteiger partial charge on any atom is -0.489 e. The molecule has 3 heteroatoms. The highest BCUT2D eigenvalue weighted by atomic mass is 35.5. The molecule has 0 bridgehead atoms. The maximum atomic E-state index is 12.6. The standard InChI is InChI=1S/C13H10ClFO/c14-13-4-2-1-3-10(13)9-16-12-7-5-11(15)6-8-12/h1-8H,9H2. The van der Waals surface area contributed by atoms with Crippen LogP contribution in [0.2, 0.25) is 5.02 Å². The maximum Gasteiger partial charge on any atom is 0.123 e. The van der Waals surface area contributed by atoms with Crippen molar-refractivity contribution in [3.63, 3.8) is 0 Å². The van der Waals surface area contributed by atoms with Crippen molar-refractivity contribution in [3.8, 4) is 5.75 Å². The van der Waals surface area contributed by atoms with Gasteiger partial charge in [-0.2, -0.15) is 0 Å². The van der Waals surface area contributed by atoms with Crippen LogP contribution in [0.25, 0.3) is 0 Å². The molecular weight excluding hydrogens is 227 g/mol. The van der Waals surface area contributed by atoms with Gasteiger partial charge in [0, 0.05) is 10.6 Å². The smallest absolute Gasteiger partial charge is 0.123 e. The van der Waals surface area contributed by atoms with E-state index < -0.39 is 0 Å². The van der Waals surface area contributed by atoms with Crippen LogP contribution >= 0.6 is 11.6 Å². The normalized spacial score (nSPS) is 10.1. The summed E-state index contributed by atoms with van der Waals surface area (Å²) in [7, 11) is 0. The van der Waals surface area contributed by atoms with Crippen molar-refractivity contribution < 1.29 is 9.13 Å². The van der Waals surface area contributed by atoms with E-state index in [9.17, 15) is 4.39 Å². The molecule has 0 atom stereocenters. The predicted molar refractivity (Wildman–Crippen MR) is 62.2 cm³/mol. The van der Waals surface area contributed by atoms with E-state index in [1.165, 1.54) is 12.1 Å². The molecule has 0 amide bonds. The van der Waals surface area contributed by atoms with E-state index in [1.54, 1.807) is 12.1 Å². The van der Waals surface area contributed by atoms with Crippen molar-refractivity contribution in [2.75, 3.05) is 0 Å². The fourth-order valence-electron chi connectivity index (χ4n) is 1.31. The van der Waals surface area contributed by atoms with Gasteiger partial charge in [0.15, 0.2) is 0 Å². The number of halogens is 2. The van der Waals surface area contributed by atoms with Crippen molar-refractivity contribution in [2.24, 2.45) is 0 Å². The van der Waals surface area contributed by atoms with Crippen molar-refractivity contribution >= 4 is 11.6 Å². The Morgan fingerprint density at radius 1 is 1.00 bits per heavy atom. The van der Waals surface area contributed by atoms with Gasteiger partial charge in [-0.1, -0.05) is 29.8 Å². The number of hydrogen-bond donors (Lipinski definition) is 0. The Morgan fingerprint density at radius 3 is 2.38 bits per heavy atom. The van der Waals surface area contributed by atoms with Gasteiger partial charge >= 0.3 is 0 Å². The number of ether oxygens (including phenoxy) is 1. The van der Waals surface area contributed by atoms with Gasteiger partial charge in [0.2, 0.25) is 0 Å².